The SMILES string of the molecule is C[C@@H](SC1COC(C=CC=Cc2ccc(C#N)cc2F)OC1)[C@@](Cn1cncn1)(OC(=O)c1ccccc1COC(=O)CCN1CCN(C)CC1)c1ccc(F)cc1F. The van der Waals surface area contributed by atoms with Gasteiger partial charge >= 0.3 is 11.9 Å². The fourth-order valence-corrected chi connectivity index (χ4v) is 8.10. The Morgan fingerprint density at radius 3 is 2.53 bits per heavy atom. The quantitative estimate of drug-likeness (QED) is 0.0951. The molecule has 2 fully saturated rings. The predicted octanol–water partition coefficient (Wildman–Crippen LogP) is 6.13. The normalized spacial score (nSPS) is 19.3. The summed E-state index contributed by atoms with van der Waals surface area (Å²) in [5, 5.41) is 12.2. The van der Waals surface area contributed by atoms with Crippen molar-refractivity contribution in [2.75, 3.05) is 53.0 Å². The van der Waals surface area contributed by atoms with Gasteiger partial charge in [0.2, 0.25) is 0 Å². The van der Waals surface area contributed by atoms with Crippen LogP contribution in [0.4, 0.5) is 13.2 Å². The molecule has 0 aliphatic carbocycles. The van der Waals surface area contributed by atoms with Gasteiger partial charge in [-0.3, -0.25) is 4.79 Å². The number of carbonyl (C=O) groups is 2. The number of piperazine rings is 1. The first-order valence-corrected chi connectivity index (χ1v) is 20.1. The summed E-state index contributed by atoms with van der Waals surface area (Å²) in [6.45, 7) is 5.95. The molecule has 0 saturated carbocycles. The zero-order chi connectivity index (χ0) is 41.8. The van der Waals surface area contributed by atoms with Crippen LogP contribution in [0.15, 0.2) is 91.5 Å². The molecular formula is C43H45F3N6O6S. The van der Waals surface area contributed by atoms with Crippen molar-refractivity contribution >= 4 is 29.8 Å². The minimum absolute atomic E-state index is 0.0838. The first-order valence-electron chi connectivity index (χ1n) is 19.1. The predicted molar refractivity (Wildman–Crippen MR) is 214 cm³/mol. The maximum Gasteiger partial charge on any atom is 0.339 e. The highest BCUT2D eigenvalue weighted by Gasteiger charge is 2.47. The van der Waals surface area contributed by atoms with E-state index in [1.54, 1.807) is 55.5 Å². The third-order valence-corrected chi connectivity index (χ3v) is 11.6. The second-order valence-electron chi connectivity index (χ2n) is 14.2. The lowest BCUT2D eigenvalue weighted by molar-refractivity contribution is -0.146. The number of likely N-dealkylation sites (N-methyl/N-ethyl adjacent to an activating group) is 1. The molecule has 59 heavy (non-hydrogen) atoms. The van der Waals surface area contributed by atoms with Crippen molar-refractivity contribution in [3.63, 3.8) is 0 Å². The van der Waals surface area contributed by atoms with Gasteiger partial charge in [-0.2, -0.15) is 10.4 Å². The Labute approximate surface area is 345 Å². The molecule has 0 radical (unpaired) electrons. The minimum Gasteiger partial charge on any atom is -0.461 e. The largest absolute Gasteiger partial charge is 0.461 e. The molecule has 3 heterocycles. The lowest BCUT2D eigenvalue weighted by Crippen LogP contribution is -2.47. The molecule has 0 bridgehead atoms. The molecule has 2 atom stereocenters. The Balaban J connectivity index is 1.17. The van der Waals surface area contributed by atoms with Gasteiger partial charge in [0.1, 0.15) is 36.7 Å². The lowest BCUT2D eigenvalue weighted by Gasteiger charge is -2.40. The first-order chi connectivity index (χ1) is 28.5. The Morgan fingerprint density at radius 2 is 1.81 bits per heavy atom. The van der Waals surface area contributed by atoms with Crippen molar-refractivity contribution in [1.82, 2.24) is 24.6 Å². The molecule has 16 heteroatoms. The number of allylic oxidation sites excluding steroid dienone is 2. The van der Waals surface area contributed by atoms with E-state index in [0.29, 0.717) is 17.7 Å². The smallest absolute Gasteiger partial charge is 0.339 e. The van der Waals surface area contributed by atoms with E-state index in [2.05, 4.69) is 26.9 Å². The number of nitrogens with zero attached hydrogens (tertiary/aromatic N) is 6. The summed E-state index contributed by atoms with van der Waals surface area (Å²) < 4.78 is 70.0. The summed E-state index contributed by atoms with van der Waals surface area (Å²) >= 11 is 1.33. The van der Waals surface area contributed by atoms with Gasteiger partial charge in [-0.25, -0.2) is 27.6 Å². The molecular weight excluding hydrogens is 786 g/mol. The van der Waals surface area contributed by atoms with Gasteiger partial charge in [0.05, 0.1) is 48.6 Å². The van der Waals surface area contributed by atoms with Crippen LogP contribution in [0.2, 0.25) is 0 Å². The lowest BCUT2D eigenvalue weighted by atomic mass is 9.89. The second-order valence-corrected chi connectivity index (χ2v) is 15.9. The fourth-order valence-electron chi connectivity index (χ4n) is 6.74. The summed E-state index contributed by atoms with van der Waals surface area (Å²) in [6.07, 6.45) is 8.70. The molecule has 0 unspecified atom stereocenters. The van der Waals surface area contributed by atoms with E-state index in [9.17, 15) is 18.4 Å². The van der Waals surface area contributed by atoms with Crippen LogP contribution in [0.25, 0.3) is 6.08 Å². The Bertz CT molecular complexity index is 2150. The molecule has 2 aliphatic heterocycles. The van der Waals surface area contributed by atoms with Crippen molar-refractivity contribution in [2.45, 2.75) is 48.9 Å². The van der Waals surface area contributed by atoms with Gasteiger partial charge in [-0.1, -0.05) is 42.5 Å². The van der Waals surface area contributed by atoms with E-state index in [1.807, 2.05) is 6.07 Å². The number of halogens is 3. The van der Waals surface area contributed by atoms with Gasteiger partial charge in [-0.05, 0) is 50.4 Å². The molecule has 6 rings (SSSR count). The summed E-state index contributed by atoms with van der Waals surface area (Å²) in [6, 6.07) is 15.8. The zero-order valence-corrected chi connectivity index (χ0v) is 33.5. The molecule has 4 aromatic rings. The highest BCUT2D eigenvalue weighted by molar-refractivity contribution is 8.00. The topological polar surface area (TPSA) is 132 Å². The third-order valence-electron chi connectivity index (χ3n) is 10.1. The van der Waals surface area contributed by atoms with E-state index >= 15 is 4.39 Å². The number of hydrogen-bond donors (Lipinski definition) is 0. The van der Waals surface area contributed by atoms with Crippen LogP contribution in [0, 0.1) is 28.8 Å². The molecule has 3 aromatic carbocycles. The Morgan fingerprint density at radius 1 is 1.03 bits per heavy atom. The fraction of sp³-hybridized carbons (Fsp3) is 0.372. The van der Waals surface area contributed by atoms with Crippen molar-refractivity contribution in [2.24, 2.45) is 0 Å². The molecule has 2 aliphatic rings. The van der Waals surface area contributed by atoms with Crippen LogP contribution in [-0.2, 0) is 42.5 Å². The number of hydrogen-bond acceptors (Lipinski definition) is 12. The number of rotatable bonds is 16. The van der Waals surface area contributed by atoms with Crippen LogP contribution in [0.1, 0.15) is 46.0 Å². The minimum atomic E-state index is -1.79. The summed E-state index contributed by atoms with van der Waals surface area (Å²) in [5.74, 6) is -3.48. The van der Waals surface area contributed by atoms with Gasteiger partial charge in [0.25, 0.3) is 0 Å². The summed E-state index contributed by atoms with van der Waals surface area (Å²) in [5.41, 5.74) is -0.829. The van der Waals surface area contributed by atoms with E-state index in [1.165, 1.54) is 47.3 Å². The number of ether oxygens (including phenoxy) is 4. The molecule has 0 spiro atoms. The molecule has 0 amide bonds. The second kappa shape index (κ2) is 20.6. The molecule has 0 N–H and O–H groups in total. The molecule has 1 aromatic heterocycles. The van der Waals surface area contributed by atoms with Gasteiger partial charge in [0, 0.05) is 60.7 Å². The van der Waals surface area contributed by atoms with E-state index in [-0.39, 0.29) is 54.7 Å². The zero-order valence-electron chi connectivity index (χ0n) is 32.7. The molecule has 310 valence electrons. The number of aromatic nitrogens is 3. The van der Waals surface area contributed by atoms with Gasteiger partial charge < -0.3 is 28.7 Å². The van der Waals surface area contributed by atoms with Crippen LogP contribution in [-0.4, -0.2) is 106 Å². The maximum absolute atomic E-state index is 16.0. The molecule has 2 saturated heterocycles. The number of thioether (sulfide) groups is 1. The highest BCUT2D eigenvalue weighted by atomic mass is 32.2. The van der Waals surface area contributed by atoms with Crippen molar-refractivity contribution in [3.8, 4) is 6.07 Å². The van der Waals surface area contributed by atoms with Crippen molar-refractivity contribution < 1.29 is 41.7 Å². The average molecular weight is 831 g/mol. The van der Waals surface area contributed by atoms with E-state index < -0.39 is 46.5 Å². The van der Waals surface area contributed by atoms with Crippen molar-refractivity contribution in [3.05, 3.63) is 137 Å². The monoisotopic (exact) mass is 830 g/mol. The van der Waals surface area contributed by atoms with Crippen molar-refractivity contribution in [1.29, 1.82) is 5.26 Å². The highest BCUT2D eigenvalue weighted by Crippen LogP contribution is 2.42. The Kier molecular flexibility index (Phi) is 15.1. The van der Waals surface area contributed by atoms with Gasteiger partial charge in [0.15, 0.2) is 11.9 Å². The number of benzene rings is 3. The van der Waals surface area contributed by atoms with E-state index in [4.69, 9.17) is 24.2 Å². The number of nitriles is 1. The van der Waals surface area contributed by atoms with Gasteiger partial charge in [-0.15, -0.1) is 11.8 Å². The Hall–Kier alpha value is -5.31. The average Bonchev–Trinajstić information content (AvgIpc) is 3.75. The summed E-state index contributed by atoms with van der Waals surface area (Å²) in [4.78, 5) is 35.6. The molecule has 12 nitrogen and oxygen atoms in total. The number of carbonyl (C=O) groups excluding carboxylic acids is 2. The first kappa shape index (κ1) is 43.3. The van der Waals surface area contributed by atoms with Crippen LogP contribution in [0.3, 0.4) is 0 Å². The number of esters is 2. The standard InChI is InChI=1S/C43H45F3N6O6S/c1-30(59-35-25-56-41(57-26-35)10-6-4-7-32-12-11-31(23-47)21-38(32)45)43(27-52-29-48-28-49-52,37-14-13-34(44)22-39(37)46)58-42(54)36-9-5-3-8-33(36)24-55-40(53)15-16-51-19-17-50(2)18-20-51/h3-14,21-22,28-30,35,41H,15-20,24-27H2,1-2H3/t30-,35?,41?,43-/m1/s1. The van der Waals surface area contributed by atoms with E-state index in [0.717, 1.165) is 44.4 Å². The van der Waals surface area contributed by atoms with Crippen LogP contribution < -0.4 is 0 Å². The summed E-state index contributed by atoms with van der Waals surface area (Å²) in [7, 11) is 2.06. The van der Waals surface area contributed by atoms with Crippen LogP contribution >= 0.6 is 11.8 Å². The van der Waals surface area contributed by atoms with Crippen LogP contribution in [0.5, 0.6) is 0 Å². The third kappa shape index (κ3) is 11.7. The maximum atomic E-state index is 16.0.